The maximum atomic E-state index is 5.99. The van der Waals surface area contributed by atoms with Crippen LogP contribution in [0.1, 0.15) is 32.1 Å². The van der Waals surface area contributed by atoms with Gasteiger partial charge in [0.15, 0.2) is 0 Å². The van der Waals surface area contributed by atoms with Crippen LogP contribution in [0.3, 0.4) is 0 Å². The van der Waals surface area contributed by atoms with Crippen LogP contribution in [-0.2, 0) is 4.74 Å². The Labute approximate surface area is 123 Å². The average molecular weight is 466 g/mol. The summed E-state index contributed by atoms with van der Waals surface area (Å²) in [4.78, 5) is 15.5. The van der Waals surface area contributed by atoms with Crippen molar-refractivity contribution in [3.63, 3.8) is 0 Å². The molecule has 0 aromatic rings. The molecule has 0 unspecified atom stereocenters. The quantitative estimate of drug-likeness (QED) is 0.530. The normalized spacial score (nSPS) is 20.6. The number of ether oxygens (including phenoxy) is 1. The Morgan fingerprint density at radius 2 is 1.33 bits per heavy atom. The van der Waals surface area contributed by atoms with Crippen molar-refractivity contribution in [1.29, 1.82) is 0 Å². The molecule has 0 aliphatic heterocycles. The van der Waals surface area contributed by atoms with Crippen LogP contribution in [0.2, 0.25) is 29.6 Å². The first-order valence-corrected chi connectivity index (χ1v) is 27.4. The second-order valence-corrected chi connectivity index (χ2v) is 40.7. The van der Waals surface area contributed by atoms with Gasteiger partial charge in [0.2, 0.25) is 0 Å². The van der Waals surface area contributed by atoms with Gasteiger partial charge in [0.25, 0.3) is 0 Å². The molecular weight excluding hydrogens is 434 g/mol. The molecule has 1 fully saturated rings. The first-order chi connectivity index (χ1) is 8.11. The van der Waals surface area contributed by atoms with Crippen LogP contribution in [0.25, 0.3) is 0 Å². The molecular formula is C15H32OSn2. The topological polar surface area (TPSA) is 9.23 Å². The molecule has 0 saturated heterocycles. The van der Waals surface area contributed by atoms with E-state index < -0.39 is 36.8 Å². The van der Waals surface area contributed by atoms with Crippen molar-refractivity contribution in [2.24, 2.45) is 0 Å². The number of hydrogen-bond donors (Lipinski definition) is 0. The summed E-state index contributed by atoms with van der Waals surface area (Å²) in [5.74, 6) is 0. The Hall–Kier alpha value is 1.30. The summed E-state index contributed by atoms with van der Waals surface area (Å²) in [5, 5.41) is 0. The van der Waals surface area contributed by atoms with Crippen LogP contribution in [0.5, 0.6) is 0 Å². The molecule has 0 heterocycles. The van der Waals surface area contributed by atoms with Crippen LogP contribution >= 0.6 is 0 Å². The molecule has 1 saturated carbocycles. The van der Waals surface area contributed by atoms with E-state index in [1.165, 1.54) is 32.1 Å². The Balaban J connectivity index is 3.14. The number of methoxy groups -OCH3 is 1. The van der Waals surface area contributed by atoms with E-state index in [0.717, 1.165) is 0 Å². The summed E-state index contributed by atoms with van der Waals surface area (Å²) in [6.45, 7) is 0. The molecule has 106 valence electrons. The van der Waals surface area contributed by atoms with E-state index in [4.69, 9.17) is 4.74 Å². The van der Waals surface area contributed by atoms with E-state index in [1.54, 1.807) is 0 Å². The molecule has 0 amide bonds. The van der Waals surface area contributed by atoms with Crippen molar-refractivity contribution in [1.82, 2.24) is 0 Å². The molecule has 0 aromatic heterocycles. The van der Waals surface area contributed by atoms with E-state index in [-0.39, 0.29) is 5.60 Å². The fourth-order valence-electron chi connectivity index (χ4n) is 3.38. The van der Waals surface area contributed by atoms with Crippen LogP contribution in [-0.4, -0.2) is 49.5 Å². The summed E-state index contributed by atoms with van der Waals surface area (Å²) >= 11 is -3.92. The standard InChI is InChI=1S/C9H14O.6CH3.2Sn/c1-3-9(10-2)7-5-4-6-8-9;;;;;;;;/h3H,4-8H2,2H3;6*1H3;;. The zero-order valence-electron chi connectivity index (χ0n) is 13.5. The zero-order chi connectivity index (χ0) is 14.0. The number of rotatable bonds is 4. The molecule has 1 rings (SSSR count). The van der Waals surface area contributed by atoms with Gasteiger partial charge in [-0.3, -0.25) is 0 Å². The van der Waals surface area contributed by atoms with Crippen molar-refractivity contribution >= 4 is 36.8 Å². The van der Waals surface area contributed by atoms with Crippen molar-refractivity contribution in [2.75, 3.05) is 7.11 Å². The van der Waals surface area contributed by atoms with Gasteiger partial charge < -0.3 is 0 Å². The van der Waals surface area contributed by atoms with Crippen LogP contribution in [0.15, 0.2) is 7.68 Å². The van der Waals surface area contributed by atoms with Gasteiger partial charge in [-0.15, -0.1) is 0 Å². The van der Waals surface area contributed by atoms with Gasteiger partial charge >= 0.3 is 124 Å². The predicted molar refractivity (Wildman–Crippen MR) is 87.6 cm³/mol. The first-order valence-electron chi connectivity index (χ1n) is 7.40. The predicted octanol–water partition coefficient (Wildman–Crippen LogP) is 5.02. The molecule has 1 aliphatic carbocycles. The maximum absolute atomic E-state index is 5.99. The monoisotopic (exact) mass is 468 g/mol. The minimum atomic E-state index is -1.96. The summed E-state index contributed by atoms with van der Waals surface area (Å²) in [7, 11) is 1.93. The number of hydrogen-bond acceptors (Lipinski definition) is 1. The molecule has 0 radical (unpaired) electrons. The molecule has 1 nitrogen and oxygen atoms in total. The van der Waals surface area contributed by atoms with Crippen molar-refractivity contribution in [3.05, 3.63) is 7.68 Å². The van der Waals surface area contributed by atoms with E-state index in [9.17, 15) is 0 Å². The van der Waals surface area contributed by atoms with Crippen LogP contribution < -0.4 is 0 Å². The zero-order valence-corrected chi connectivity index (χ0v) is 19.2. The Morgan fingerprint density at radius 1 is 0.889 bits per heavy atom. The van der Waals surface area contributed by atoms with Gasteiger partial charge in [-0.05, 0) is 0 Å². The van der Waals surface area contributed by atoms with Gasteiger partial charge in [0, 0.05) is 0 Å². The molecule has 0 spiro atoms. The molecule has 0 N–H and O–H groups in total. The van der Waals surface area contributed by atoms with Crippen molar-refractivity contribution in [2.45, 2.75) is 67.3 Å². The summed E-state index contributed by atoms with van der Waals surface area (Å²) in [6.07, 6.45) is 9.23. The fourth-order valence-corrected chi connectivity index (χ4v) is 56.9. The molecule has 0 bridgehead atoms. The van der Waals surface area contributed by atoms with Crippen molar-refractivity contribution < 1.29 is 4.74 Å². The van der Waals surface area contributed by atoms with Gasteiger partial charge in [-0.1, -0.05) is 0 Å². The Morgan fingerprint density at radius 3 is 1.67 bits per heavy atom. The van der Waals surface area contributed by atoms with Gasteiger partial charge in [0.05, 0.1) is 0 Å². The Kier molecular flexibility index (Phi) is 6.15. The second-order valence-electron chi connectivity index (χ2n) is 7.89. The molecule has 0 aromatic carbocycles. The van der Waals surface area contributed by atoms with Gasteiger partial charge in [-0.25, -0.2) is 0 Å². The third-order valence-electron chi connectivity index (χ3n) is 4.13. The average Bonchev–Trinajstić information content (AvgIpc) is 2.24. The van der Waals surface area contributed by atoms with Crippen LogP contribution in [0, 0.1) is 0 Å². The third kappa shape index (κ3) is 4.69. The second kappa shape index (κ2) is 6.38. The SMILES string of the molecule is COC1(C=[C]([Sn]([CH3])([CH3])[CH3])[Sn]([CH3])([CH3])[CH3])CCCCC1. The molecule has 3 heteroatoms. The van der Waals surface area contributed by atoms with E-state index in [0.29, 0.717) is 0 Å². The van der Waals surface area contributed by atoms with Gasteiger partial charge in [0.1, 0.15) is 0 Å². The Bertz CT molecular complexity index is 285. The van der Waals surface area contributed by atoms with E-state index >= 15 is 0 Å². The van der Waals surface area contributed by atoms with E-state index in [2.05, 4.69) is 35.7 Å². The molecule has 1 aliphatic rings. The summed E-state index contributed by atoms with van der Waals surface area (Å²) in [6, 6.07) is 0. The van der Waals surface area contributed by atoms with Gasteiger partial charge in [-0.2, -0.15) is 0 Å². The van der Waals surface area contributed by atoms with Crippen molar-refractivity contribution in [3.8, 4) is 0 Å². The minimum absolute atomic E-state index is 0.0992. The molecule has 18 heavy (non-hydrogen) atoms. The molecule has 0 atom stereocenters. The third-order valence-corrected chi connectivity index (χ3v) is 42.9. The first kappa shape index (κ1) is 17.3. The fraction of sp³-hybridized carbons (Fsp3) is 0.867. The summed E-state index contributed by atoms with van der Waals surface area (Å²) in [5.41, 5.74) is 0.0992. The van der Waals surface area contributed by atoms with E-state index in [1.807, 2.05) is 8.71 Å². The summed E-state index contributed by atoms with van der Waals surface area (Å²) < 4.78 is 7.94. The van der Waals surface area contributed by atoms with Crippen LogP contribution in [0.4, 0.5) is 0 Å².